The molecule has 0 aliphatic carbocycles. The van der Waals surface area contributed by atoms with Gasteiger partial charge in [0.1, 0.15) is 5.52 Å². The predicted octanol–water partition coefficient (Wildman–Crippen LogP) is 4.21. The summed E-state index contributed by atoms with van der Waals surface area (Å²) in [5.74, 6) is 0. The van der Waals surface area contributed by atoms with E-state index < -0.39 is 0 Å². The Morgan fingerprint density at radius 3 is 2.94 bits per heavy atom. The van der Waals surface area contributed by atoms with Gasteiger partial charge >= 0.3 is 0 Å². The van der Waals surface area contributed by atoms with Crippen LogP contribution in [0, 0.1) is 0 Å². The Hall–Kier alpha value is 0.0500. The highest BCUT2D eigenvalue weighted by molar-refractivity contribution is 14.2. The topological polar surface area (TPSA) is 26.9 Å². The number of hydrogen-bond donors (Lipinski definition) is 0. The number of halogens is 2. The standard InChI is InChI=1S/C11H12BrIN2OS/c1-2-3-5-14-7-9(12)8-4-6-15(17-13)10(8)11(14)16/h4,6-7H,2-3,5H2,1H3. The van der Waals surface area contributed by atoms with E-state index in [9.17, 15) is 4.79 Å². The van der Waals surface area contributed by atoms with Crippen LogP contribution in [0.25, 0.3) is 10.9 Å². The monoisotopic (exact) mass is 426 g/mol. The number of nitrogens with zero attached hydrogens (tertiary/aromatic N) is 2. The SMILES string of the molecule is CCCCn1cc(Br)c2ccn(SI)c2c1=O. The van der Waals surface area contributed by atoms with Crippen molar-refractivity contribution in [1.29, 1.82) is 0 Å². The maximum Gasteiger partial charge on any atom is 0.276 e. The van der Waals surface area contributed by atoms with Gasteiger partial charge in [0.15, 0.2) is 0 Å². The molecule has 3 nitrogen and oxygen atoms in total. The van der Waals surface area contributed by atoms with Crippen LogP contribution in [-0.4, -0.2) is 8.54 Å². The van der Waals surface area contributed by atoms with E-state index in [2.05, 4.69) is 44.1 Å². The van der Waals surface area contributed by atoms with Crippen molar-refractivity contribution < 1.29 is 0 Å². The highest BCUT2D eigenvalue weighted by atomic mass is 127. The maximum atomic E-state index is 12.3. The Labute approximate surface area is 124 Å². The van der Waals surface area contributed by atoms with Gasteiger partial charge in [-0.25, -0.2) is 0 Å². The Bertz CT molecular complexity index is 593. The van der Waals surface area contributed by atoms with Gasteiger partial charge < -0.3 is 4.57 Å². The van der Waals surface area contributed by atoms with E-state index in [1.165, 1.54) is 9.12 Å². The molecule has 0 atom stereocenters. The second-order valence-corrected chi connectivity index (χ2v) is 6.37. The molecule has 92 valence electrons. The Kier molecular flexibility index (Phi) is 4.59. The molecular weight excluding hydrogens is 415 g/mol. The quantitative estimate of drug-likeness (QED) is 0.684. The molecule has 2 aromatic rings. The van der Waals surface area contributed by atoms with Crippen LogP contribution >= 0.6 is 46.3 Å². The molecule has 0 amide bonds. The Morgan fingerprint density at radius 1 is 1.53 bits per heavy atom. The molecule has 0 saturated carbocycles. The molecule has 0 spiro atoms. The summed E-state index contributed by atoms with van der Waals surface area (Å²) in [4.78, 5) is 12.3. The van der Waals surface area contributed by atoms with Gasteiger partial charge in [-0.05, 0) is 28.4 Å². The van der Waals surface area contributed by atoms with E-state index >= 15 is 0 Å². The van der Waals surface area contributed by atoms with Crippen molar-refractivity contribution in [3.8, 4) is 0 Å². The highest BCUT2D eigenvalue weighted by Crippen LogP contribution is 2.27. The normalized spacial score (nSPS) is 11.2. The van der Waals surface area contributed by atoms with E-state index in [-0.39, 0.29) is 5.56 Å². The number of hydrogen-bond acceptors (Lipinski definition) is 2. The molecule has 0 radical (unpaired) electrons. The lowest BCUT2D eigenvalue weighted by Gasteiger charge is -2.07. The third-order valence-electron chi connectivity index (χ3n) is 2.67. The molecule has 2 aromatic heterocycles. The molecule has 6 heteroatoms. The third-order valence-corrected chi connectivity index (χ3v) is 5.03. The molecule has 0 aliphatic rings. The van der Waals surface area contributed by atoms with Gasteiger partial charge in [0.25, 0.3) is 5.56 Å². The smallest absolute Gasteiger partial charge is 0.276 e. The minimum absolute atomic E-state index is 0.0887. The van der Waals surface area contributed by atoms with Crippen LogP contribution in [-0.2, 0) is 6.54 Å². The number of unbranched alkanes of at least 4 members (excludes halogenated alkanes) is 1. The fraction of sp³-hybridized carbons (Fsp3) is 0.364. The van der Waals surface area contributed by atoms with E-state index in [0.29, 0.717) is 0 Å². The number of pyridine rings is 1. The zero-order valence-corrected chi connectivity index (χ0v) is 13.9. The van der Waals surface area contributed by atoms with E-state index in [1.54, 1.807) is 4.57 Å². The predicted molar refractivity (Wildman–Crippen MR) is 85.8 cm³/mol. The third kappa shape index (κ3) is 2.58. The molecule has 0 N–H and O–H groups in total. The van der Waals surface area contributed by atoms with Crippen molar-refractivity contribution in [2.45, 2.75) is 26.3 Å². The molecule has 0 unspecified atom stereocenters. The lowest BCUT2D eigenvalue weighted by molar-refractivity contribution is 0.615. The van der Waals surface area contributed by atoms with Crippen molar-refractivity contribution in [2.75, 3.05) is 0 Å². The molecule has 0 aromatic carbocycles. The molecule has 2 rings (SSSR count). The van der Waals surface area contributed by atoms with Crippen LogP contribution in [0.15, 0.2) is 27.7 Å². The minimum atomic E-state index is 0.0887. The summed E-state index contributed by atoms with van der Waals surface area (Å²) in [7, 11) is 1.51. The van der Waals surface area contributed by atoms with Crippen LogP contribution in [0.5, 0.6) is 0 Å². The summed E-state index contributed by atoms with van der Waals surface area (Å²) in [6.07, 6.45) is 5.93. The largest absolute Gasteiger partial charge is 0.313 e. The Morgan fingerprint density at radius 2 is 2.29 bits per heavy atom. The van der Waals surface area contributed by atoms with Crippen molar-refractivity contribution in [3.05, 3.63) is 33.3 Å². The second-order valence-electron chi connectivity index (χ2n) is 3.80. The summed E-state index contributed by atoms with van der Waals surface area (Å²) in [5.41, 5.74) is 0.848. The van der Waals surface area contributed by atoms with Gasteiger partial charge in [0.05, 0.1) is 0 Å². The maximum absolute atomic E-state index is 12.3. The lowest BCUT2D eigenvalue weighted by Crippen LogP contribution is -2.21. The summed E-state index contributed by atoms with van der Waals surface area (Å²) in [6, 6.07) is 1.97. The van der Waals surface area contributed by atoms with Gasteiger partial charge in [-0.1, -0.05) is 13.3 Å². The van der Waals surface area contributed by atoms with E-state index in [0.717, 1.165) is 34.8 Å². The number of rotatable bonds is 4. The zero-order valence-electron chi connectivity index (χ0n) is 9.32. The lowest BCUT2D eigenvalue weighted by atomic mass is 10.3. The average Bonchev–Trinajstić information content (AvgIpc) is 2.76. The highest BCUT2D eigenvalue weighted by Gasteiger charge is 2.11. The first-order chi connectivity index (χ1) is 8.19. The second kappa shape index (κ2) is 5.79. The van der Waals surface area contributed by atoms with E-state index in [1.807, 2.05) is 22.4 Å². The number of aromatic nitrogens is 2. The molecule has 0 bridgehead atoms. The number of fused-ring (bicyclic) bond motifs is 1. The fourth-order valence-electron chi connectivity index (χ4n) is 1.77. The van der Waals surface area contributed by atoms with Gasteiger partial charge in [-0.3, -0.25) is 8.77 Å². The van der Waals surface area contributed by atoms with Gasteiger partial charge in [-0.2, -0.15) is 0 Å². The van der Waals surface area contributed by atoms with Crippen LogP contribution < -0.4 is 5.56 Å². The zero-order chi connectivity index (χ0) is 12.4. The Balaban J connectivity index is 2.64. The average molecular weight is 427 g/mol. The fourth-order valence-corrected chi connectivity index (χ4v) is 3.67. The summed E-state index contributed by atoms with van der Waals surface area (Å²) < 4.78 is 4.68. The molecule has 2 heterocycles. The summed E-state index contributed by atoms with van der Waals surface area (Å²) in [6.45, 7) is 2.91. The molecule has 0 aliphatic heterocycles. The van der Waals surface area contributed by atoms with Crippen LogP contribution in [0.1, 0.15) is 19.8 Å². The molecule has 17 heavy (non-hydrogen) atoms. The van der Waals surface area contributed by atoms with Crippen molar-refractivity contribution in [3.63, 3.8) is 0 Å². The number of aryl methyl sites for hydroxylation is 1. The van der Waals surface area contributed by atoms with Gasteiger partial charge in [0, 0.05) is 59.1 Å². The van der Waals surface area contributed by atoms with Crippen LogP contribution in [0.3, 0.4) is 0 Å². The summed E-state index contributed by atoms with van der Waals surface area (Å²) in [5, 5.41) is 0.979. The van der Waals surface area contributed by atoms with Crippen LogP contribution in [0.4, 0.5) is 0 Å². The minimum Gasteiger partial charge on any atom is -0.313 e. The van der Waals surface area contributed by atoms with Gasteiger partial charge in [-0.15, -0.1) is 0 Å². The molecule has 0 saturated heterocycles. The molecular formula is C11H12BrIN2OS. The van der Waals surface area contributed by atoms with Crippen molar-refractivity contribution in [1.82, 2.24) is 8.54 Å². The molecule has 0 fully saturated rings. The first kappa shape index (κ1) is 13.5. The van der Waals surface area contributed by atoms with Gasteiger partial charge in [0.2, 0.25) is 0 Å². The first-order valence-corrected chi connectivity index (χ1v) is 9.49. The summed E-state index contributed by atoms with van der Waals surface area (Å²) >= 11 is 5.71. The van der Waals surface area contributed by atoms with Crippen molar-refractivity contribution in [2.24, 2.45) is 0 Å². The first-order valence-electron chi connectivity index (χ1n) is 5.38. The van der Waals surface area contributed by atoms with E-state index in [4.69, 9.17) is 0 Å². The van der Waals surface area contributed by atoms with Crippen LogP contribution in [0.2, 0.25) is 0 Å². The van der Waals surface area contributed by atoms with Crippen molar-refractivity contribution >= 4 is 57.2 Å².